The minimum Gasteiger partial charge on any atom is -0.483 e. The lowest BCUT2D eigenvalue weighted by Crippen LogP contribution is -2.03. The fraction of sp³-hybridized carbons (Fsp3) is 0.357. The maximum Gasteiger partial charge on any atom is 0.339 e. The van der Waals surface area contributed by atoms with Crippen LogP contribution in [0.25, 0.3) is 0 Å². The molecule has 7 heteroatoms. The van der Waals surface area contributed by atoms with Crippen molar-refractivity contribution in [2.75, 3.05) is 0 Å². The highest BCUT2D eigenvalue weighted by Gasteiger charge is 2.13. The number of nitrogens with zero attached hydrogens (tertiary/aromatic N) is 2. The molecular formula is C14H15BrN2O4. The van der Waals surface area contributed by atoms with Crippen molar-refractivity contribution in [3.05, 3.63) is 40.0 Å². The lowest BCUT2D eigenvalue weighted by atomic mass is 10.2. The van der Waals surface area contributed by atoms with Gasteiger partial charge in [0.05, 0.1) is 0 Å². The highest BCUT2D eigenvalue weighted by Crippen LogP contribution is 2.24. The fourth-order valence-electron chi connectivity index (χ4n) is 1.72. The van der Waals surface area contributed by atoms with Gasteiger partial charge in [0.25, 0.3) is 5.89 Å². The Morgan fingerprint density at radius 1 is 1.48 bits per heavy atom. The normalized spacial score (nSPS) is 10.6. The van der Waals surface area contributed by atoms with Crippen molar-refractivity contribution in [1.82, 2.24) is 10.1 Å². The van der Waals surface area contributed by atoms with Crippen molar-refractivity contribution in [3.63, 3.8) is 0 Å². The summed E-state index contributed by atoms with van der Waals surface area (Å²) in [5, 5.41) is 13.0. The summed E-state index contributed by atoms with van der Waals surface area (Å²) in [7, 11) is 0. The van der Waals surface area contributed by atoms with Crippen LogP contribution in [0.1, 0.15) is 41.8 Å². The van der Waals surface area contributed by atoms with Gasteiger partial charge in [-0.05, 0) is 24.6 Å². The van der Waals surface area contributed by atoms with Crippen LogP contribution in [0.5, 0.6) is 5.75 Å². The zero-order valence-electron chi connectivity index (χ0n) is 11.5. The van der Waals surface area contributed by atoms with E-state index in [1.807, 2.05) is 0 Å². The second kappa shape index (κ2) is 7.21. The second-order valence-corrected chi connectivity index (χ2v) is 5.36. The molecule has 2 aromatic rings. The molecule has 1 aromatic carbocycles. The number of benzene rings is 1. The van der Waals surface area contributed by atoms with Gasteiger partial charge in [0.15, 0.2) is 12.4 Å². The molecule has 0 amide bonds. The Morgan fingerprint density at radius 2 is 2.29 bits per heavy atom. The maximum absolute atomic E-state index is 11.2. The zero-order valence-corrected chi connectivity index (χ0v) is 13.1. The highest BCUT2D eigenvalue weighted by atomic mass is 79.9. The lowest BCUT2D eigenvalue weighted by Gasteiger charge is -2.07. The summed E-state index contributed by atoms with van der Waals surface area (Å²) in [5.74, 6) is 0.185. The van der Waals surface area contributed by atoms with Crippen LogP contribution >= 0.6 is 15.9 Å². The highest BCUT2D eigenvalue weighted by molar-refractivity contribution is 9.10. The monoisotopic (exact) mass is 354 g/mol. The summed E-state index contributed by atoms with van der Waals surface area (Å²) in [5.41, 5.74) is 0.0788. The maximum atomic E-state index is 11.2. The summed E-state index contributed by atoms with van der Waals surface area (Å²) in [6, 6.07) is 4.78. The Morgan fingerprint density at radius 3 is 3.00 bits per heavy atom. The lowest BCUT2D eigenvalue weighted by molar-refractivity contribution is 0.0691. The summed E-state index contributed by atoms with van der Waals surface area (Å²) < 4.78 is 11.2. The van der Waals surface area contributed by atoms with Crippen molar-refractivity contribution in [2.45, 2.75) is 32.8 Å². The van der Waals surface area contributed by atoms with E-state index in [2.05, 4.69) is 33.0 Å². The van der Waals surface area contributed by atoms with Crippen LogP contribution in [0.2, 0.25) is 0 Å². The zero-order chi connectivity index (χ0) is 15.2. The molecule has 2 rings (SSSR count). The third-order valence-corrected chi connectivity index (χ3v) is 3.28. The van der Waals surface area contributed by atoms with E-state index in [1.165, 1.54) is 6.07 Å². The van der Waals surface area contributed by atoms with Crippen LogP contribution in [0, 0.1) is 0 Å². The van der Waals surface area contributed by atoms with Crippen molar-refractivity contribution in [2.24, 2.45) is 0 Å². The van der Waals surface area contributed by atoms with Crippen LogP contribution < -0.4 is 4.74 Å². The molecule has 1 N–H and O–H groups in total. The third-order valence-electron chi connectivity index (χ3n) is 2.79. The van der Waals surface area contributed by atoms with Crippen molar-refractivity contribution >= 4 is 21.9 Å². The van der Waals surface area contributed by atoms with Gasteiger partial charge in [-0.1, -0.05) is 34.4 Å². The molecule has 0 saturated carbocycles. The number of unbranched alkanes of at least 4 members (excludes halogenated alkanes) is 1. The van der Waals surface area contributed by atoms with Gasteiger partial charge in [0.2, 0.25) is 0 Å². The molecule has 0 unspecified atom stereocenters. The molecule has 0 aliphatic rings. The van der Waals surface area contributed by atoms with Gasteiger partial charge < -0.3 is 14.4 Å². The van der Waals surface area contributed by atoms with Crippen LogP contribution in [0.15, 0.2) is 27.2 Å². The first-order valence-corrected chi connectivity index (χ1v) is 7.36. The molecule has 0 bridgehead atoms. The molecule has 0 spiro atoms. The summed E-state index contributed by atoms with van der Waals surface area (Å²) in [4.78, 5) is 15.4. The van der Waals surface area contributed by atoms with Crippen LogP contribution in [-0.4, -0.2) is 21.2 Å². The van der Waals surface area contributed by atoms with E-state index in [-0.39, 0.29) is 17.9 Å². The Kier molecular flexibility index (Phi) is 5.32. The van der Waals surface area contributed by atoms with Gasteiger partial charge in [-0.3, -0.25) is 0 Å². The summed E-state index contributed by atoms with van der Waals surface area (Å²) >= 11 is 3.23. The quantitative estimate of drug-likeness (QED) is 0.819. The first-order valence-electron chi connectivity index (χ1n) is 6.57. The number of aromatic carboxylic acids is 1. The molecule has 0 radical (unpaired) electrons. The predicted molar refractivity (Wildman–Crippen MR) is 78.3 cm³/mol. The SMILES string of the molecule is CCCCc1noc(COc2ccc(Br)cc2C(=O)O)n1. The minimum absolute atomic E-state index is 0.0427. The van der Waals surface area contributed by atoms with Crippen molar-refractivity contribution in [3.8, 4) is 5.75 Å². The van der Waals surface area contributed by atoms with E-state index in [0.29, 0.717) is 16.2 Å². The van der Waals surface area contributed by atoms with Crippen molar-refractivity contribution < 1.29 is 19.2 Å². The number of aromatic nitrogens is 2. The Balaban J connectivity index is 2.03. The standard InChI is InChI=1S/C14H15BrN2O4/c1-2-3-4-12-16-13(21-17-12)8-20-11-6-5-9(15)7-10(11)14(18)19/h5-7H,2-4,8H2,1H3,(H,18,19). The Bertz CT molecular complexity index is 627. The largest absolute Gasteiger partial charge is 0.483 e. The van der Waals surface area contributed by atoms with Gasteiger partial charge in [-0.15, -0.1) is 0 Å². The molecule has 1 heterocycles. The molecule has 21 heavy (non-hydrogen) atoms. The molecule has 1 aromatic heterocycles. The number of aryl methyl sites for hydroxylation is 1. The first kappa shape index (κ1) is 15.5. The fourth-order valence-corrected chi connectivity index (χ4v) is 2.08. The number of hydrogen-bond donors (Lipinski definition) is 1. The molecule has 0 atom stereocenters. The molecule has 112 valence electrons. The molecular weight excluding hydrogens is 340 g/mol. The summed E-state index contributed by atoms with van der Waals surface area (Å²) in [6.45, 7) is 2.13. The number of carbonyl (C=O) groups is 1. The van der Waals surface area contributed by atoms with Crippen LogP contribution in [0.4, 0.5) is 0 Å². The van der Waals surface area contributed by atoms with E-state index in [4.69, 9.17) is 14.4 Å². The summed E-state index contributed by atoms with van der Waals surface area (Å²) in [6.07, 6.45) is 2.82. The number of rotatable bonds is 7. The van der Waals surface area contributed by atoms with Gasteiger partial charge in [-0.2, -0.15) is 4.98 Å². The third kappa shape index (κ3) is 4.29. The molecule has 0 saturated heterocycles. The Labute approximate surface area is 130 Å². The van der Waals surface area contributed by atoms with Gasteiger partial charge in [0.1, 0.15) is 11.3 Å². The first-order chi connectivity index (χ1) is 10.1. The van der Waals surface area contributed by atoms with Crippen molar-refractivity contribution in [1.29, 1.82) is 0 Å². The van der Waals surface area contributed by atoms with Gasteiger partial charge in [-0.25, -0.2) is 4.79 Å². The molecule has 0 aliphatic carbocycles. The molecule has 6 nitrogen and oxygen atoms in total. The van der Waals surface area contributed by atoms with E-state index >= 15 is 0 Å². The van der Waals surface area contributed by atoms with Gasteiger partial charge in [0, 0.05) is 10.9 Å². The van der Waals surface area contributed by atoms with Gasteiger partial charge >= 0.3 is 5.97 Å². The smallest absolute Gasteiger partial charge is 0.339 e. The van der Waals surface area contributed by atoms with E-state index in [0.717, 1.165) is 19.3 Å². The second-order valence-electron chi connectivity index (χ2n) is 4.44. The van der Waals surface area contributed by atoms with Crippen LogP contribution in [0.3, 0.4) is 0 Å². The molecule has 0 fully saturated rings. The molecule has 0 aliphatic heterocycles. The van der Waals surface area contributed by atoms with E-state index in [1.54, 1.807) is 12.1 Å². The van der Waals surface area contributed by atoms with Crippen LogP contribution in [-0.2, 0) is 13.0 Å². The number of carboxylic acid groups (broad SMARTS) is 1. The number of ether oxygens (including phenoxy) is 1. The van der Waals surface area contributed by atoms with E-state index < -0.39 is 5.97 Å². The Hall–Kier alpha value is -1.89. The van der Waals surface area contributed by atoms with E-state index in [9.17, 15) is 4.79 Å². The minimum atomic E-state index is -1.06. The number of carboxylic acids is 1. The topological polar surface area (TPSA) is 85.5 Å². The predicted octanol–water partition coefficient (Wildman–Crippen LogP) is 3.45. The number of hydrogen-bond acceptors (Lipinski definition) is 5. The average Bonchev–Trinajstić information content (AvgIpc) is 2.91. The average molecular weight is 355 g/mol. The number of halogens is 1.